The second kappa shape index (κ2) is 5.30. The Morgan fingerprint density at radius 1 is 1.80 bits per heavy atom. The molecule has 82 valence electrons. The van der Waals surface area contributed by atoms with E-state index < -0.39 is 5.97 Å². The fraction of sp³-hybridized carbons (Fsp3) is 0.375. The number of carboxylic acid groups (broad SMARTS) is 1. The van der Waals surface area contributed by atoms with E-state index in [4.69, 9.17) is 15.7 Å². The van der Waals surface area contributed by atoms with Crippen LogP contribution in [0.2, 0.25) is 0 Å². The summed E-state index contributed by atoms with van der Waals surface area (Å²) in [4.78, 5) is 19.4. The van der Waals surface area contributed by atoms with Crippen LogP contribution in [-0.2, 0) is 9.63 Å². The number of carboxylic acids is 1. The van der Waals surface area contributed by atoms with Crippen LogP contribution < -0.4 is 5.73 Å². The number of oxime groups is 1. The van der Waals surface area contributed by atoms with Crippen molar-refractivity contribution < 1.29 is 14.7 Å². The highest BCUT2D eigenvalue weighted by Gasteiger charge is 2.16. The summed E-state index contributed by atoms with van der Waals surface area (Å²) in [5.41, 5.74) is 5.39. The summed E-state index contributed by atoms with van der Waals surface area (Å²) in [6, 6.07) is 0. The first-order chi connectivity index (χ1) is 7.15. The van der Waals surface area contributed by atoms with E-state index in [0.717, 1.165) is 17.8 Å². The van der Waals surface area contributed by atoms with Gasteiger partial charge in [-0.3, -0.25) is 0 Å². The number of nitrogen functional groups attached to an aromatic ring is 1. The summed E-state index contributed by atoms with van der Waals surface area (Å²) in [5.74, 6) is -1.18. The number of rotatable bonds is 5. The number of anilines is 1. The van der Waals surface area contributed by atoms with E-state index in [1.807, 2.05) is 6.92 Å². The van der Waals surface area contributed by atoms with Crippen molar-refractivity contribution in [2.24, 2.45) is 5.16 Å². The highest BCUT2D eigenvalue weighted by atomic mass is 32.1. The van der Waals surface area contributed by atoms with Gasteiger partial charge in [-0.2, -0.15) is 0 Å². The minimum atomic E-state index is -1.18. The topological polar surface area (TPSA) is 97.8 Å². The molecular formula is C8H11N3O3S. The third-order valence-corrected chi connectivity index (χ3v) is 2.09. The summed E-state index contributed by atoms with van der Waals surface area (Å²) in [6.07, 6.45) is 0.760. The van der Waals surface area contributed by atoms with E-state index in [2.05, 4.69) is 10.1 Å². The normalized spacial score (nSPS) is 11.4. The number of nitrogens with zero attached hydrogens (tertiary/aromatic N) is 2. The molecule has 0 saturated carbocycles. The summed E-state index contributed by atoms with van der Waals surface area (Å²) >= 11 is 1.16. The smallest absolute Gasteiger partial charge is 0.360 e. The van der Waals surface area contributed by atoms with Crippen LogP contribution in [0.4, 0.5) is 5.13 Å². The first-order valence-electron chi connectivity index (χ1n) is 4.29. The van der Waals surface area contributed by atoms with Crippen LogP contribution >= 0.6 is 11.3 Å². The SMILES string of the molecule is CCCO/N=C(\C(=O)O)c1csc(N)n1. The lowest BCUT2D eigenvalue weighted by Crippen LogP contribution is -2.15. The third-order valence-electron chi connectivity index (χ3n) is 1.42. The molecule has 0 aliphatic rings. The van der Waals surface area contributed by atoms with E-state index in [1.165, 1.54) is 5.38 Å². The zero-order chi connectivity index (χ0) is 11.3. The number of aliphatic carboxylic acids is 1. The van der Waals surface area contributed by atoms with E-state index in [0.29, 0.717) is 11.7 Å². The molecule has 0 fully saturated rings. The van der Waals surface area contributed by atoms with Gasteiger partial charge in [-0.25, -0.2) is 9.78 Å². The summed E-state index contributed by atoms with van der Waals surface area (Å²) in [5, 5.41) is 14.2. The van der Waals surface area contributed by atoms with Crippen molar-refractivity contribution in [1.82, 2.24) is 4.98 Å². The van der Waals surface area contributed by atoms with Crippen LogP contribution in [0.3, 0.4) is 0 Å². The predicted molar refractivity (Wildman–Crippen MR) is 56.9 cm³/mol. The fourth-order valence-corrected chi connectivity index (χ4v) is 1.34. The van der Waals surface area contributed by atoms with Crippen molar-refractivity contribution in [1.29, 1.82) is 0 Å². The third kappa shape index (κ3) is 3.21. The van der Waals surface area contributed by atoms with Gasteiger partial charge in [-0.15, -0.1) is 11.3 Å². The Bertz CT molecular complexity index is 375. The summed E-state index contributed by atoms with van der Waals surface area (Å²) in [7, 11) is 0. The van der Waals surface area contributed by atoms with E-state index >= 15 is 0 Å². The van der Waals surface area contributed by atoms with Gasteiger partial charge in [0.25, 0.3) is 0 Å². The second-order valence-corrected chi connectivity index (χ2v) is 3.54. The standard InChI is InChI=1S/C8H11N3O3S/c1-2-3-14-11-6(7(12)13)5-4-15-8(9)10-5/h4H,2-3H2,1H3,(H2,9,10)(H,12,13)/b11-6-. The van der Waals surface area contributed by atoms with Gasteiger partial charge in [-0.1, -0.05) is 12.1 Å². The van der Waals surface area contributed by atoms with E-state index in [-0.39, 0.29) is 11.4 Å². The van der Waals surface area contributed by atoms with Crippen LogP contribution in [0.5, 0.6) is 0 Å². The minimum Gasteiger partial charge on any atom is -0.476 e. The molecule has 1 aromatic rings. The van der Waals surface area contributed by atoms with Gasteiger partial charge in [0.2, 0.25) is 5.71 Å². The molecular weight excluding hydrogens is 218 g/mol. The molecule has 0 bridgehead atoms. The van der Waals surface area contributed by atoms with Gasteiger partial charge in [0.15, 0.2) is 5.13 Å². The maximum Gasteiger partial charge on any atom is 0.360 e. The molecule has 0 radical (unpaired) electrons. The maximum atomic E-state index is 10.8. The Morgan fingerprint density at radius 2 is 2.53 bits per heavy atom. The number of thiazole rings is 1. The zero-order valence-electron chi connectivity index (χ0n) is 8.14. The average Bonchev–Trinajstić information content (AvgIpc) is 2.59. The Kier molecular flexibility index (Phi) is 4.04. The summed E-state index contributed by atoms with van der Waals surface area (Å²) < 4.78 is 0. The zero-order valence-corrected chi connectivity index (χ0v) is 8.95. The van der Waals surface area contributed by atoms with Gasteiger partial charge in [-0.05, 0) is 6.42 Å². The lowest BCUT2D eigenvalue weighted by Gasteiger charge is -1.98. The predicted octanol–water partition coefficient (Wildman–Crippen LogP) is 0.941. The van der Waals surface area contributed by atoms with Crippen molar-refractivity contribution in [3.63, 3.8) is 0 Å². The molecule has 0 saturated heterocycles. The van der Waals surface area contributed by atoms with Gasteiger partial charge in [0.05, 0.1) is 0 Å². The van der Waals surface area contributed by atoms with Crippen LogP contribution in [0, 0.1) is 0 Å². The van der Waals surface area contributed by atoms with Crippen molar-refractivity contribution >= 4 is 28.1 Å². The van der Waals surface area contributed by atoms with Crippen molar-refractivity contribution in [2.75, 3.05) is 12.3 Å². The highest BCUT2D eigenvalue weighted by molar-refractivity contribution is 7.13. The Hall–Kier alpha value is -1.63. The van der Waals surface area contributed by atoms with E-state index in [1.54, 1.807) is 0 Å². The Balaban J connectivity index is 2.83. The molecule has 0 unspecified atom stereocenters. The van der Waals surface area contributed by atoms with Crippen LogP contribution in [0.15, 0.2) is 10.5 Å². The molecule has 7 heteroatoms. The van der Waals surface area contributed by atoms with Gasteiger partial charge < -0.3 is 15.7 Å². The molecule has 0 atom stereocenters. The molecule has 1 rings (SSSR count). The van der Waals surface area contributed by atoms with Gasteiger partial charge in [0.1, 0.15) is 12.3 Å². The number of aromatic nitrogens is 1. The highest BCUT2D eigenvalue weighted by Crippen LogP contribution is 2.12. The Morgan fingerprint density at radius 3 is 3.00 bits per heavy atom. The number of hydrogen-bond acceptors (Lipinski definition) is 6. The molecule has 15 heavy (non-hydrogen) atoms. The minimum absolute atomic E-state index is 0.223. The first-order valence-corrected chi connectivity index (χ1v) is 5.17. The van der Waals surface area contributed by atoms with Crippen LogP contribution in [-0.4, -0.2) is 28.4 Å². The average molecular weight is 229 g/mol. The quantitative estimate of drug-likeness (QED) is 0.445. The van der Waals surface area contributed by atoms with Crippen molar-refractivity contribution in [3.8, 4) is 0 Å². The van der Waals surface area contributed by atoms with Gasteiger partial charge in [0, 0.05) is 5.38 Å². The lowest BCUT2D eigenvalue weighted by atomic mass is 10.3. The van der Waals surface area contributed by atoms with E-state index in [9.17, 15) is 4.79 Å². The first kappa shape index (κ1) is 11.4. The van der Waals surface area contributed by atoms with Crippen LogP contribution in [0.1, 0.15) is 19.0 Å². The molecule has 1 aromatic heterocycles. The molecule has 1 heterocycles. The second-order valence-electron chi connectivity index (χ2n) is 2.65. The lowest BCUT2D eigenvalue weighted by molar-refractivity contribution is -0.129. The number of nitrogens with two attached hydrogens (primary N) is 1. The summed E-state index contributed by atoms with van der Waals surface area (Å²) in [6.45, 7) is 2.27. The number of carbonyl (C=O) groups is 1. The van der Waals surface area contributed by atoms with Crippen molar-refractivity contribution in [3.05, 3.63) is 11.1 Å². The van der Waals surface area contributed by atoms with Crippen LogP contribution in [0.25, 0.3) is 0 Å². The van der Waals surface area contributed by atoms with Crippen molar-refractivity contribution in [2.45, 2.75) is 13.3 Å². The molecule has 3 N–H and O–H groups in total. The molecule has 0 aromatic carbocycles. The maximum absolute atomic E-state index is 10.8. The fourth-order valence-electron chi connectivity index (χ4n) is 0.793. The molecule has 0 aliphatic carbocycles. The Labute approximate surface area is 90.4 Å². The molecule has 0 spiro atoms. The number of hydrogen-bond donors (Lipinski definition) is 2. The largest absolute Gasteiger partial charge is 0.476 e. The monoisotopic (exact) mass is 229 g/mol. The molecule has 0 amide bonds. The molecule has 6 nitrogen and oxygen atoms in total. The van der Waals surface area contributed by atoms with Gasteiger partial charge >= 0.3 is 5.97 Å². The molecule has 0 aliphatic heterocycles.